The van der Waals surface area contributed by atoms with E-state index >= 15 is 0 Å². The Balaban J connectivity index is 0.000000123. The Morgan fingerprint density at radius 2 is 0.568 bits per heavy atom. The highest BCUT2D eigenvalue weighted by Crippen LogP contribution is 2.36. The lowest BCUT2D eigenvalue weighted by Gasteiger charge is -2.22. The molecule has 0 bridgehead atoms. The highest BCUT2D eigenvalue weighted by molar-refractivity contribution is 7.01. The van der Waals surface area contributed by atoms with Crippen LogP contribution >= 0.6 is 117 Å². The number of hydrogen-bond acceptors (Lipinski definition) is 41. The molecule has 0 aliphatic carbocycles. The van der Waals surface area contributed by atoms with E-state index in [-0.39, 0.29) is 27.2 Å². The van der Waals surface area contributed by atoms with Crippen molar-refractivity contribution >= 4 is 139 Å². The minimum Gasteiger partial charge on any atom is -0.438 e. The number of ether oxygens (including phenoxy) is 8. The molecule has 0 amide bonds. The molecule has 17 heterocycles. The molecule has 1 aromatic carbocycles. The zero-order valence-corrected chi connectivity index (χ0v) is 72.3. The summed E-state index contributed by atoms with van der Waals surface area (Å²) in [7, 11) is 12.3. The van der Waals surface area contributed by atoms with E-state index < -0.39 is 0 Å². The molecule has 118 heavy (non-hydrogen) atoms. The Morgan fingerprint density at radius 1 is 0.305 bits per heavy atom. The molecular weight excluding hydrogens is 1710 g/mol. The van der Waals surface area contributed by atoms with E-state index in [9.17, 15) is 0 Å². The van der Waals surface area contributed by atoms with Gasteiger partial charge in [-0.2, -0.15) is 43.7 Å². The Morgan fingerprint density at radius 3 is 0.839 bits per heavy atom. The molecule has 0 radical (unpaired) electrons. The van der Waals surface area contributed by atoms with Gasteiger partial charge in [0.1, 0.15) is 54.0 Å². The summed E-state index contributed by atoms with van der Waals surface area (Å²) in [6, 6.07) is 25.0. The second-order valence-corrected chi connectivity index (χ2v) is 31.4. The molecule has 0 spiro atoms. The Bertz CT molecular complexity index is 5190. The molecule has 44 heteroatoms. The molecule has 13 aromatic heterocycles. The van der Waals surface area contributed by atoms with Crippen LogP contribution in [-0.4, -0.2) is 216 Å². The van der Waals surface area contributed by atoms with Crippen LogP contribution in [0.15, 0.2) is 153 Å². The third-order valence-corrected chi connectivity index (χ3v) is 22.6. The fourth-order valence-corrected chi connectivity index (χ4v) is 16.9. The number of likely N-dealkylation sites (N-methyl/N-ethyl adjacent to an activating group) is 4. The second-order valence-electron chi connectivity index (χ2n) is 26.3. The predicted octanol–water partition coefficient (Wildman–Crippen LogP) is 12.1. The minimum absolute atomic E-state index is 0.0308. The topological polar surface area (TPSA) is 352 Å². The van der Waals surface area contributed by atoms with Gasteiger partial charge in [-0.15, -0.1) is 35.0 Å². The van der Waals surface area contributed by atoms with Crippen molar-refractivity contribution < 1.29 is 47.0 Å². The van der Waals surface area contributed by atoms with E-state index in [1.54, 1.807) is 24.8 Å². The van der Waals surface area contributed by atoms with Gasteiger partial charge in [0.05, 0.1) is 117 Å². The maximum atomic E-state index is 5.81. The van der Waals surface area contributed by atoms with E-state index in [2.05, 4.69) is 161 Å². The average Bonchev–Trinajstić information content (AvgIpc) is 1.67. The van der Waals surface area contributed by atoms with Crippen molar-refractivity contribution in [2.24, 2.45) is 14.1 Å². The lowest BCUT2D eigenvalue weighted by Crippen LogP contribution is -2.26. The van der Waals surface area contributed by atoms with Crippen molar-refractivity contribution in [3.63, 3.8) is 0 Å². The van der Waals surface area contributed by atoms with Crippen LogP contribution in [0.1, 0.15) is 48.5 Å². The molecule has 14 aromatic rings. The fourth-order valence-electron chi connectivity index (χ4n) is 11.9. The summed E-state index contributed by atoms with van der Waals surface area (Å²) in [4.78, 5) is 17.2. The highest BCUT2D eigenvalue weighted by Gasteiger charge is 2.26. The lowest BCUT2D eigenvalue weighted by atomic mass is 10.1. The standard InChI is InChI=1S/2C17H22N6O2S2.C17H16N6O2S2.C15H10N6O2S2.C8H5ClN2S/c3*1-22-7-3-5-12(9-22)14-16(20-26-18-14)24-11-25-17-15(19-27-21-17)13-6-4-8-23(2)10-13;1-3-10(7-16-5-1)12-14(20-24-18-12)22-9-23-15-13(19-25-21-15)11-4-2-6-17-8-11;9-8-7(10-12-11-8)6-4-2-1-3-5-6/h2*5-6H,3-4,7-11H2,1-2H3;3-10H,11H2,1-2H3;1-8H,9H2;1-5H/q;;+2;;. The number of hydrogen-bond donors (Lipinski definition) is 0. The van der Waals surface area contributed by atoms with Gasteiger partial charge in [0.2, 0.25) is 27.2 Å². The van der Waals surface area contributed by atoms with Crippen LogP contribution in [0, 0.1) is 0 Å². The molecule has 0 atom stereocenters. The number of benzene rings is 1. The summed E-state index contributed by atoms with van der Waals surface area (Å²) >= 11 is 15.9. The quantitative estimate of drug-likeness (QED) is 0.0379. The van der Waals surface area contributed by atoms with Crippen LogP contribution in [0.3, 0.4) is 0 Å². The van der Waals surface area contributed by atoms with Crippen LogP contribution < -0.4 is 47.0 Å². The van der Waals surface area contributed by atoms with Gasteiger partial charge >= 0.3 is 0 Å². The van der Waals surface area contributed by atoms with Crippen molar-refractivity contribution in [2.75, 3.05) is 108 Å². The number of pyridine rings is 4. The smallest absolute Gasteiger partial charge is 0.257 e. The Hall–Kier alpha value is -10.7. The number of rotatable bonds is 25. The number of aromatic nitrogens is 22. The van der Waals surface area contributed by atoms with E-state index in [1.807, 2.05) is 127 Å². The summed E-state index contributed by atoms with van der Waals surface area (Å²) in [5.41, 5.74) is 15.8. The molecule has 0 unspecified atom stereocenters. The molecule has 0 N–H and O–H groups in total. The first kappa shape index (κ1) is 83.8. The average molecular weight is 1780 g/mol. The zero-order chi connectivity index (χ0) is 81.2. The molecule has 0 saturated heterocycles. The summed E-state index contributed by atoms with van der Waals surface area (Å²) in [5, 5.41) is 0.478. The molecule has 4 aliphatic rings. The molecule has 4 aliphatic heterocycles. The first-order chi connectivity index (χ1) is 57.9. The lowest BCUT2D eigenvalue weighted by molar-refractivity contribution is -0.671. The Labute approximate surface area is 720 Å². The van der Waals surface area contributed by atoms with Crippen molar-refractivity contribution in [3.8, 4) is 103 Å². The van der Waals surface area contributed by atoms with Crippen LogP contribution in [0.2, 0.25) is 5.15 Å². The number of halogens is 1. The summed E-state index contributed by atoms with van der Waals surface area (Å²) in [6.45, 7) is 7.62. The van der Waals surface area contributed by atoms with Gasteiger partial charge in [-0.1, -0.05) is 66.2 Å². The molecule has 0 fully saturated rings. The predicted molar refractivity (Wildman–Crippen MR) is 454 cm³/mol. The molecule has 34 nitrogen and oxygen atoms in total. The van der Waals surface area contributed by atoms with Gasteiger partial charge in [-0.05, 0) is 113 Å². The van der Waals surface area contributed by atoms with E-state index in [0.717, 1.165) is 262 Å². The summed E-state index contributed by atoms with van der Waals surface area (Å²) in [6.07, 6.45) is 27.5. The monoisotopic (exact) mass is 1780 g/mol. The van der Waals surface area contributed by atoms with Gasteiger partial charge in [-0.25, -0.2) is 9.13 Å². The molecule has 18 rings (SSSR count). The third-order valence-electron chi connectivity index (χ3n) is 17.6. The number of aryl methyl sites for hydroxylation is 2. The summed E-state index contributed by atoms with van der Waals surface area (Å²) in [5.74, 6) is 3.72. The van der Waals surface area contributed by atoms with Crippen molar-refractivity contribution in [1.29, 1.82) is 0 Å². The Kier molecular flexibility index (Phi) is 30.3. The van der Waals surface area contributed by atoms with Crippen molar-refractivity contribution in [1.82, 2.24) is 108 Å². The van der Waals surface area contributed by atoms with Crippen molar-refractivity contribution in [2.45, 2.75) is 25.7 Å². The van der Waals surface area contributed by atoms with Gasteiger partial charge < -0.3 is 57.5 Å². The van der Waals surface area contributed by atoms with Gasteiger partial charge in [0.25, 0.3) is 47.0 Å². The molecule has 608 valence electrons. The summed E-state index contributed by atoms with van der Waals surface area (Å²) < 4.78 is 126. The van der Waals surface area contributed by atoms with Gasteiger partial charge in [0, 0.05) is 106 Å². The first-order valence-corrected chi connectivity index (χ1v) is 43.3. The van der Waals surface area contributed by atoms with Gasteiger partial charge in [-0.3, -0.25) is 9.97 Å². The largest absolute Gasteiger partial charge is 0.438 e. The first-order valence-electron chi connectivity index (χ1n) is 36.3. The third kappa shape index (κ3) is 23.0. The van der Waals surface area contributed by atoms with Crippen LogP contribution in [0.4, 0.5) is 0 Å². The maximum absolute atomic E-state index is 5.81. The fraction of sp³-hybridized carbons (Fsp3) is 0.297. The molecule has 0 saturated carbocycles. The highest BCUT2D eigenvalue weighted by atomic mass is 35.5. The second kappa shape index (κ2) is 42.7. The van der Waals surface area contributed by atoms with Crippen LogP contribution in [0.5, 0.6) is 47.0 Å². The van der Waals surface area contributed by atoms with E-state index in [1.165, 1.54) is 0 Å². The normalized spacial score (nSPS) is 14.4. The minimum atomic E-state index is -0.0582. The van der Waals surface area contributed by atoms with E-state index in [4.69, 9.17) is 49.5 Å². The maximum Gasteiger partial charge on any atom is 0.257 e. The van der Waals surface area contributed by atoms with E-state index in [0.29, 0.717) is 75.0 Å². The van der Waals surface area contributed by atoms with Crippen LogP contribution in [0.25, 0.3) is 78.6 Å². The van der Waals surface area contributed by atoms with Gasteiger partial charge in [0.15, 0.2) is 41.3 Å². The SMILES string of the molecule is CN1CCC=C(c2nsnc2OCOc2nsnc2C2=CCCN(C)C2)C1.CN1CCC=C(c2nsnc2OCOc2nsnc2C2=CCCN(C)C2)C1.C[n+]1cccc(-c2nsnc2OCOc2nsnc2-c2ccc[n+](C)c2)c1.Clc1nsnc1-c1ccccc1.c1cncc(-c2nsnc2OCOc2nsnc2-c2cccnc2)c1. The van der Waals surface area contributed by atoms with Crippen molar-refractivity contribution in [3.05, 3.63) is 181 Å². The number of nitrogens with zero attached hydrogens (tertiary/aromatic N) is 26. The van der Waals surface area contributed by atoms with Crippen LogP contribution in [-0.2, 0) is 14.1 Å². The molecular formula is C74H75ClN26O8S9+2. The zero-order valence-electron chi connectivity index (χ0n) is 64.2.